The molecule has 0 saturated heterocycles. The van der Waals surface area contributed by atoms with E-state index in [1.165, 1.54) is 60.0 Å². The van der Waals surface area contributed by atoms with Crippen molar-refractivity contribution in [2.24, 2.45) is 15.9 Å². The molecule has 0 fully saturated rings. The Labute approximate surface area is 309 Å². The van der Waals surface area contributed by atoms with Gasteiger partial charge in [-0.2, -0.15) is 0 Å². The molecule has 9 aromatic rings. The Morgan fingerprint density at radius 1 is 0.491 bits per heavy atom. The van der Waals surface area contributed by atoms with Gasteiger partial charge in [0, 0.05) is 33.2 Å². The minimum Gasteiger partial charge on any atom is -0.309 e. The molecule has 0 radical (unpaired) electrons. The van der Waals surface area contributed by atoms with Gasteiger partial charge in [-0.25, -0.2) is 4.99 Å². The third kappa shape index (κ3) is 5.27. The summed E-state index contributed by atoms with van der Waals surface area (Å²) in [5, 5.41) is 7.36. The van der Waals surface area contributed by atoms with Gasteiger partial charge in [-0.15, -0.1) is 0 Å². The zero-order chi connectivity index (χ0) is 35.3. The van der Waals surface area contributed by atoms with Crippen molar-refractivity contribution >= 4 is 54.9 Å². The normalized spacial score (nSPS) is 15.9. The third-order valence-corrected chi connectivity index (χ3v) is 11.0. The molecule has 1 aliphatic rings. The van der Waals surface area contributed by atoms with Crippen LogP contribution in [-0.2, 0) is 0 Å². The minimum atomic E-state index is -0.0376. The highest BCUT2D eigenvalue weighted by molar-refractivity contribution is 6.21. The molecular formula is C50H37N3. The summed E-state index contributed by atoms with van der Waals surface area (Å²) in [4.78, 5) is 10.8. The van der Waals surface area contributed by atoms with Gasteiger partial charge in [0.1, 0.15) is 0 Å². The second-order valence-corrected chi connectivity index (χ2v) is 14.0. The van der Waals surface area contributed by atoms with Crippen LogP contribution < -0.4 is 0 Å². The second-order valence-electron chi connectivity index (χ2n) is 14.0. The van der Waals surface area contributed by atoms with E-state index >= 15 is 0 Å². The van der Waals surface area contributed by atoms with Crippen LogP contribution in [0.3, 0.4) is 0 Å². The van der Waals surface area contributed by atoms with Crippen molar-refractivity contribution in [1.29, 1.82) is 0 Å². The van der Waals surface area contributed by atoms with Crippen LogP contribution in [0, 0.1) is 5.92 Å². The zero-order valence-electron chi connectivity index (χ0n) is 29.5. The molecular weight excluding hydrogens is 643 g/mol. The van der Waals surface area contributed by atoms with E-state index < -0.39 is 0 Å². The van der Waals surface area contributed by atoms with Crippen molar-refractivity contribution in [2.75, 3.05) is 0 Å². The predicted octanol–water partition coefficient (Wildman–Crippen LogP) is 12.8. The van der Waals surface area contributed by atoms with E-state index in [1.54, 1.807) is 0 Å². The monoisotopic (exact) mass is 679 g/mol. The standard InChI is InChI=1S/C50H37N3/c1-2-39-48(34-18-8-4-9-19-34)51-50(35-20-10-5-11-21-35)52-49(39)43-28-29-45(41-25-15-14-24-40(41)43)53-46-32-38(33-16-6-3-7-17-33)26-27-42(46)44-30-36-22-12-13-23-37(36)31-47(44)53/h3-32,39,48H,2H2,1H3. The van der Waals surface area contributed by atoms with Crippen molar-refractivity contribution in [2.45, 2.75) is 19.4 Å². The smallest absolute Gasteiger partial charge is 0.155 e. The topological polar surface area (TPSA) is 29.6 Å². The number of fused-ring (bicyclic) bond motifs is 5. The Morgan fingerprint density at radius 3 is 1.85 bits per heavy atom. The van der Waals surface area contributed by atoms with E-state index in [0.29, 0.717) is 0 Å². The molecule has 2 atom stereocenters. The van der Waals surface area contributed by atoms with Gasteiger partial charge >= 0.3 is 0 Å². The summed E-state index contributed by atoms with van der Waals surface area (Å²) in [7, 11) is 0. The predicted molar refractivity (Wildman–Crippen MR) is 224 cm³/mol. The molecule has 0 spiro atoms. The first-order valence-corrected chi connectivity index (χ1v) is 18.6. The Morgan fingerprint density at radius 2 is 1.11 bits per heavy atom. The third-order valence-electron chi connectivity index (χ3n) is 11.0. The zero-order valence-corrected chi connectivity index (χ0v) is 29.5. The lowest BCUT2D eigenvalue weighted by atomic mass is 9.81. The van der Waals surface area contributed by atoms with E-state index in [1.807, 2.05) is 6.07 Å². The number of aromatic nitrogens is 1. The van der Waals surface area contributed by atoms with Gasteiger partial charge in [-0.05, 0) is 63.5 Å². The first-order valence-electron chi connectivity index (χ1n) is 18.6. The first-order chi connectivity index (χ1) is 26.2. The molecule has 0 aliphatic carbocycles. The fraction of sp³-hybridized carbons (Fsp3) is 0.0800. The van der Waals surface area contributed by atoms with Gasteiger partial charge in [0.2, 0.25) is 0 Å². The van der Waals surface area contributed by atoms with Gasteiger partial charge in [0.15, 0.2) is 5.84 Å². The molecule has 2 unspecified atom stereocenters. The highest BCUT2D eigenvalue weighted by atomic mass is 15.0. The lowest BCUT2D eigenvalue weighted by Crippen LogP contribution is -2.28. The van der Waals surface area contributed by atoms with Crippen LogP contribution in [0.2, 0.25) is 0 Å². The molecule has 0 amide bonds. The Bertz CT molecular complexity index is 2870. The molecule has 252 valence electrons. The van der Waals surface area contributed by atoms with E-state index in [9.17, 15) is 0 Å². The minimum absolute atomic E-state index is 0.0376. The van der Waals surface area contributed by atoms with Crippen LogP contribution in [0.4, 0.5) is 0 Å². The largest absolute Gasteiger partial charge is 0.309 e. The van der Waals surface area contributed by atoms with Crippen molar-refractivity contribution in [3.8, 4) is 16.8 Å². The van der Waals surface area contributed by atoms with Gasteiger partial charge in [0.25, 0.3) is 0 Å². The van der Waals surface area contributed by atoms with Crippen molar-refractivity contribution in [3.63, 3.8) is 0 Å². The lowest BCUT2D eigenvalue weighted by molar-refractivity contribution is 0.533. The van der Waals surface area contributed by atoms with Crippen LogP contribution in [0.25, 0.3) is 60.2 Å². The molecule has 0 saturated carbocycles. The van der Waals surface area contributed by atoms with E-state index in [0.717, 1.165) is 34.8 Å². The maximum absolute atomic E-state index is 5.43. The molecule has 53 heavy (non-hydrogen) atoms. The number of hydrogen-bond acceptors (Lipinski definition) is 2. The summed E-state index contributed by atoms with van der Waals surface area (Å²) in [6, 6.07) is 65.6. The number of rotatable bonds is 6. The van der Waals surface area contributed by atoms with Gasteiger partial charge in [0.05, 0.1) is 28.5 Å². The summed E-state index contributed by atoms with van der Waals surface area (Å²) in [5.74, 6) is 0.905. The fourth-order valence-electron chi connectivity index (χ4n) is 8.43. The Hall–Kier alpha value is -6.58. The molecule has 0 N–H and O–H groups in total. The molecule has 10 rings (SSSR count). The summed E-state index contributed by atoms with van der Waals surface area (Å²) < 4.78 is 2.49. The van der Waals surface area contributed by atoms with Crippen molar-refractivity contribution in [1.82, 2.24) is 4.57 Å². The molecule has 3 nitrogen and oxygen atoms in total. The van der Waals surface area contributed by atoms with Crippen LogP contribution in [-0.4, -0.2) is 16.1 Å². The quantitative estimate of drug-likeness (QED) is 0.167. The van der Waals surface area contributed by atoms with E-state index in [2.05, 4.69) is 187 Å². The molecule has 0 bridgehead atoms. The summed E-state index contributed by atoms with van der Waals surface area (Å²) in [6.07, 6.45) is 0.919. The lowest BCUT2D eigenvalue weighted by Gasteiger charge is -2.30. The van der Waals surface area contributed by atoms with Gasteiger partial charge < -0.3 is 4.57 Å². The Kier molecular flexibility index (Phi) is 7.58. The molecule has 8 aromatic carbocycles. The number of hydrogen-bond donors (Lipinski definition) is 0. The van der Waals surface area contributed by atoms with Crippen LogP contribution in [0.5, 0.6) is 0 Å². The first kappa shape index (κ1) is 31.2. The van der Waals surface area contributed by atoms with Crippen LogP contribution in [0.1, 0.15) is 36.1 Å². The number of nitrogens with zero attached hydrogens (tertiary/aromatic N) is 3. The average Bonchev–Trinajstić information content (AvgIpc) is 3.55. The summed E-state index contributed by atoms with van der Waals surface area (Å²) >= 11 is 0. The van der Waals surface area contributed by atoms with Crippen molar-refractivity contribution < 1.29 is 0 Å². The maximum atomic E-state index is 5.43. The number of amidine groups is 1. The summed E-state index contributed by atoms with van der Waals surface area (Å²) in [5.41, 5.74) is 10.5. The molecule has 2 heterocycles. The fourth-order valence-corrected chi connectivity index (χ4v) is 8.43. The molecule has 1 aromatic heterocycles. The highest BCUT2D eigenvalue weighted by Crippen LogP contribution is 2.41. The van der Waals surface area contributed by atoms with Gasteiger partial charge in [-0.1, -0.05) is 165 Å². The number of aliphatic imine (C=N–C) groups is 2. The second kappa shape index (κ2) is 12.9. The van der Waals surface area contributed by atoms with E-state index in [-0.39, 0.29) is 12.0 Å². The summed E-state index contributed by atoms with van der Waals surface area (Å²) in [6.45, 7) is 2.27. The van der Waals surface area contributed by atoms with Crippen LogP contribution >= 0.6 is 0 Å². The molecule has 3 heteroatoms. The van der Waals surface area contributed by atoms with Gasteiger partial charge in [-0.3, -0.25) is 4.99 Å². The average molecular weight is 680 g/mol. The van der Waals surface area contributed by atoms with E-state index in [4.69, 9.17) is 9.98 Å². The molecule has 1 aliphatic heterocycles. The SMILES string of the molecule is CCC1C(c2ccc(-n3c4cc(-c5ccccc5)ccc4c4cc5ccccc5cc43)c3ccccc23)=NC(c2ccccc2)=NC1c1ccccc1. The Balaban J connectivity index is 1.23. The highest BCUT2D eigenvalue weighted by Gasteiger charge is 2.32. The van der Waals surface area contributed by atoms with Crippen LogP contribution in [0.15, 0.2) is 192 Å². The van der Waals surface area contributed by atoms with Crippen molar-refractivity contribution in [3.05, 3.63) is 199 Å². The number of benzene rings is 8. The maximum Gasteiger partial charge on any atom is 0.155 e.